The van der Waals surface area contributed by atoms with Gasteiger partial charge in [-0.15, -0.1) is 0 Å². The third kappa shape index (κ3) is 12.4. The fraction of sp³-hybridized carbons (Fsp3) is 0.909. The molecule has 0 aromatic rings. The van der Waals surface area contributed by atoms with Gasteiger partial charge in [0, 0.05) is 0 Å². The fourth-order valence-electron chi connectivity index (χ4n) is 1.31. The van der Waals surface area contributed by atoms with Crippen LogP contribution in [-0.4, -0.2) is 53.2 Å². The standard InChI is InChI=1S/C11H23NO2.Na.H/c1-3-4-5-6-7-8-9-12-10(2)11(13)14;;/h10,12H,3-9H2,1-2H3,(H,13,14);;/t10-;;/m0../s1. The van der Waals surface area contributed by atoms with Crippen molar-refractivity contribution in [3.05, 3.63) is 0 Å². The van der Waals surface area contributed by atoms with Crippen LogP contribution in [0.2, 0.25) is 0 Å². The summed E-state index contributed by atoms with van der Waals surface area (Å²) < 4.78 is 0. The van der Waals surface area contributed by atoms with Crippen LogP contribution >= 0.6 is 0 Å². The first-order chi connectivity index (χ1) is 6.68. The Hall–Kier alpha value is 0.430. The Labute approximate surface area is 115 Å². The summed E-state index contributed by atoms with van der Waals surface area (Å²) in [7, 11) is 0. The molecule has 3 nitrogen and oxygen atoms in total. The van der Waals surface area contributed by atoms with E-state index < -0.39 is 12.0 Å². The van der Waals surface area contributed by atoms with E-state index in [-0.39, 0.29) is 29.6 Å². The molecule has 0 aromatic carbocycles. The molecule has 0 heterocycles. The second-order valence-electron chi connectivity index (χ2n) is 3.78. The van der Waals surface area contributed by atoms with Crippen molar-refractivity contribution >= 4 is 35.5 Å². The first-order valence-electron chi connectivity index (χ1n) is 5.64. The summed E-state index contributed by atoms with van der Waals surface area (Å²) in [6.45, 7) is 4.70. The Morgan fingerprint density at radius 2 is 1.73 bits per heavy atom. The third-order valence-electron chi connectivity index (χ3n) is 2.35. The van der Waals surface area contributed by atoms with Crippen molar-refractivity contribution < 1.29 is 9.90 Å². The summed E-state index contributed by atoms with van der Waals surface area (Å²) in [6, 6.07) is -0.411. The molecule has 0 aliphatic rings. The second kappa shape index (κ2) is 12.5. The van der Waals surface area contributed by atoms with Gasteiger partial charge >= 0.3 is 35.5 Å². The van der Waals surface area contributed by atoms with Crippen LogP contribution < -0.4 is 5.32 Å². The molecule has 1 atom stereocenters. The van der Waals surface area contributed by atoms with E-state index in [0.29, 0.717) is 0 Å². The minimum absolute atomic E-state index is 0. The van der Waals surface area contributed by atoms with E-state index >= 15 is 0 Å². The van der Waals surface area contributed by atoms with Gasteiger partial charge in [0.05, 0.1) is 0 Å². The topological polar surface area (TPSA) is 49.3 Å². The van der Waals surface area contributed by atoms with Crippen molar-refractivity contribution in [2.75, 3.05) is 6.54 Å². The predicted octanol–water partition coefficient (Wildman–Crippen LogP) is 1.76. The van der Waals surface area contributed by atoms with E-state index in [4.69, 9.17) is 5.11 Å². The van der Waals surface area contributed by atoms with Gasteiger partial charge in [-0.25, -0.2) is 0 Å². The molecular weight excluding hydrogens is 201 g/mol. The van der Waals surface area contributed by atoms with Crippen LogP contribution in [0.15, 0.2) is 0 Å². The molecule has 0 aromatic heterocycles. The normalized spacial score (nSPS) is 11.9. The van der Waals surface area contributed by atoms with Crippen LogP contribution in [-0.2, 0) is 4.79 Å². The van der Waals surface area contributed by atoms with Crippen molar-refractivity contribution in [3.63, 3.8) is 0 Å². The van der Waals surface area contributed by atoms with Gasteiger partial charge in [0.25, 0.3) is 0 Å². The molecule has 0 unspecified atom stereocenters. The molecule has 0 radical (unpaired) electrons. The fourth-order valence-corrected chi connectivity index (χ4v) is 1.31. The number of carboxylic acids is 1. The molecule has 15 heavy (non-hydrogen) atoms. The molecule has 0 fully saturated rings. The van der Waals surface area contributed by atoms with E-state index in [0.717, 1.165) is 13.0 Å². The summed E-state index contributed by atoms with van der Waals surface area (Å²) >= 11 is 0. The number of nitrogens with one attached hydrogen (secondary N) is 1. The maximum absolute atomic E-state index is 10.4. The van der Waals surface area contributed by atoms with Crippen LogP contribution in [0.1, 0.15) is 52.4 Å². The molecule has 0 bridgehead atoms. The van der Waals surface area contributed by atoms with E-state index in [1.165, 1.54) is 32.1 Å². The summed E-state index contributed by atoms with van der Waals surface area (Å²) in [6.07, 6.45) is 7.47. The molecule has 0 saturated heterocycles. The zero-order chi connectivity index (χ0) is 10.8. The van der Waals surface area contributed by atoms with Gasteiger partial charge in [-0.2, -0.15) is 0 Å². The Morgan fingerprint density at radius 1 is 1.20 bits per heavy atom. The van der Waals surface area contributed by atoms with Crippen molar-refractivity contribution in [1.82, 2.24) is 5.32 Å². The Balaban J connectivity index is 0. The number of hydrogen-bond donors (Lipinski definition) is 2. The van der Waals surface area contributed by atoms with Gasteiger partial charge < -0.3 is 10.4 Å². The van der Waals surface area contributed by atoms with Crippen molar-refractivity contribution in [2.45, 2.75) is 58.4 Å². The van der Waals surface area contributed by atoms with Crippen molar-refractivity contribution in [2.24, 2.45) is 0 Å². The summed E-state index contributed by atoms with van der Waals surface area (Å²) in [5.41, 5.74) is 0. The molecular formula is C11H24NNaO2. The molecule has 0 saturated carbocycles. The number of hydrogen-bond acceptors (Lipinski definition) is 2. The Bertz CT molecular complexity index is 154. The molecule has 2 N–H and O–H groups in total. The quantitative estimate of drug-likeness (QED) is 0.464. The van der Waals surface area contributed by atoms with E-state index in [9.17, 15) is 4.79 Å². The van der Waals surface area contributed by atoms with Crippen molar-refractivity contribution in [1.29, 1.82) is 0 Å². The van der Waals surface area contributed by atoms with E-state index in [1.807, 2.05) is 0 Å². The molecule has 0 spiro atoms. The maximum atomic E-state index is 10.4. The van der Waals surface area contributed by atoms with Gasteiger partial charge in [0.2, 0.25) is 0 Å². The molecule has 0 aliphatic heterocycles. The van der Waals surface area contributed by atoms with Crippen LogP contribution in [0.3, 0.4) is 0 Å². The zero-order valence-electron chi connectivity index (χ0n) is 9.38. The monoisotopic (exact) mass is 225 g/mol. The third-order valence-corrected chi connectivity index (χ3v) is 2.35. The van der Waals surface area contributed by atoms with Gasteiger partial charge in [0.15, 0.2) is 0 Å². The summed E-state index contributed by atoms with van der Waals surface area (Å²) in [5, 5.41) is 11.6. The Morgan fingerprint density at radius 3 is 2.27 bits per heavy atom. The summed E-state index contributed by atoms with van der Waals surface area (Å²) in [5.74, 6) is -0.768. The van der Waals surface area contributed by atoms with Crippen LogP contribution in [0.4, 0.5) is 0 Å². The molecule has 86 valence electrons. The van der Waals surface area contributed by atoms with Gasteiger partial charge in [-0.05, 0) is 19.9 Å². The number of carbonyl (C=O) groups is 1. The molecule has 4 heteroatoms. The first-order valence-corrected chi connectivity index (χ1v) is 5.64. The van der Waals surface area contributed by atoms with Crippen LogP contribution in [0, 0.1) is 0 Å². The van der Waals surface area contributed by atoms with Gasteiger partial charge in [-0.3, -0.25) is 4.79 Å². The zero-order valence-corrected chi connectivity index (χ0v) is 9.38. The Kier molecular flexibility index (Phi) is 14.8. The predicted molar refractivity (Wildman–Crippen MR) is 65.6 cm³/mol. The number of rotatable bonds is 9. The SMILES string of the molecule is CCCCCCCCN[C@@H](C)C(=O)O.[NaH]. The molecule has 0 rings (SSSR count). The molecule has 0 aliphatic carbocycles. The first kappa shape index (κ1) is 17.8. The van der Waals surface area contributed by atoms with Gasteiger partial charge in [0.1, 0.15) is 6.04 Å². The van der Waals surface area contributed by atoms with E-state index in [2.05, 4.69) is 12.2 Å². The van der Waals surface area contributed by atoms with Crippen molar-refractivity contribution in [3.8, 4) is 0 Å². The second-order valence-corrected chi connectivity index (χ2v) is 3.78. The van der Waals surface area contributed by atoms with E-state index in [1.54, 1.807) is 6.92 Å². The average molecular weight is 225 g/mol. The number of carboxylic acid groups (broad SMARTS) is 1. The van der Waals surface area contributed by atoms with Crippen LogP contribution in [0.25, 0.3) is 0 Å². The van der Waals surface area contributed by atoms with Gasteiger partial charge in [-0.1, -0.05) is 39.0 Å². The van der Waals surface area contributed by atoms with Crippen LogP contribution in [0.5, 0.6) is 0 Å². The molecule has 0 amide bonds. The minimum atomic E-state index is -0.768. The number of unbranched alkanes of at least 4 members (excludes halogenated alkanes) is 5. The summed E-state index contributed by atoms with van der Waals surface area (Å²) in [4.78, 5) is 10.4. The number of aliphatic carboxylic acids is 1. The average Bonchev–Trinajstić information content (AvgIpc) is 2.16.